The van der Waals surface area contributed by atoms with E-state index in [9.17, 15) is 19.5 Å². The molecule has 1 amide bonds. The number of carboxylic acid groups (broad SMARTS) is 1. The van der Waals surface area contributed by atoms with Gasteiger partial charge >= 0.3 is 11.9 Å². The lowest BCUT2D eigenvalue weighted by atomic mass is 10.0. The van der Waals surface area contributed by atoms with Crippen LogP contribution in [0.4, 0.5) is 5.69 Å². The lowest BCUT2D eigenvalue weighted by molar-refractivity contribution is -0.146. The largest absolute Gasteiger partial charge is 0.480 e. The van der Waals surface area contributed by atoms with Crippen molar-refractivity contribution in [2.45, 2.75) is 77.8 Å². The smallest absolute Gasteiger partial charge is 0.323 e. The fourth-order valence-electron chi connectivity index (χ4n) is 4.08. The summed E-state index contributed by atoms with van der Waals surface area (Å²) in [5, 5.41) is 12.8. The van der Waals surface area contributed by atoms with E-state index in [0.29, 0.717) is 24.4 Å². The number of unbranched alkanes of at least 4 members (excludes halogenated alkanes) is 2. The molecule has 7 heteroatoms. The van der Waals surface area contributed by atoms with Crippen LogP contribution >= 0.6 is 0 Å². The van der Waals surface area contributed by atoms with Gasteiger partial charge in [0.05, 0.1) is 12.6 Å². The minimum absolute atomic E-state index is 0.245. The van der Waals surface area contributed by atoms with Gasteiger partial charge in [0.1, 0.15) is 12.6 Å². The van der Waals surface area contributed by atoms with Crippen LogP contribution in [0.15, 0.2) is 54.6 Å². The molecule has 7 nitrogen and oxygen atoms in total. The molecule has 2 rings (SSSR count). The van der Waals surface area contributed by atoms with E-state index in [1.807, 2.05) is 42.5 Å². The highest BCUT2D eigenvalue weighted by molar-refractivity contribution is 6.01. The second-order valence-corrected chi connectivity index (χ2v) is 9.27. The summed E-state index contributed by atoms with van der Waals surface area (Å²) < 4.78 is 5.29. The van der Waals surface area contributed by atoms with E-state index in [1.165, 1.54) is 4.90 Å². The lowest BCUT2D eigenvalue weighted by Crippen LogP contribution is -2.54. The summed E-state index contributed by atoms with van der Waals surface area (Å²) in [6, 6.07) is 15.4. The quantitative estimate of drug-likeness (QED) is 0.268. The summed E-state index contributed by atoms with van der Waals surface area (Å²) in [6.07, 6.45) is 3.62. The number of nitrogens with one attached hydrogen (secondary N) is 1. The van der Waals surface area contributed by atoms with E-state index in [2.05, 4.69) is 26.1 Å². The van der Waals surface area contributed by atoms with E-state index in [0.717, 1.165) is 30.4 Å². The summed E-state index contributed by atoms with van der Waals surface area (Å²) in [7, 11) is 0. The van der Waals surface area contributed by atoms with Gasteiger partial charge in [0.25, 0.3) is 0 Å². The fourth-order valence-corrected chi connectivity index (χ4v) is 4.08. The number of benzene rings is 2. The molecule has 0 spiro atoms. The van der Waals surface area contributed by atoms with Crippen molar-refractivity contribution in [3.05, 3.63) is 65.7 Å². The number of anilines is 1. The monoisotopic (exact) mass is 496 g/mol. The van der Waals surface area contributed by atoms with Gasteiger partial charge in [0.15, 0.2) is 0 Å². The van der Waals surface area contributed by atoms with E-state index >= 15 is 0 Å². The Balaban J connectivity index is 2.41. The van der Waals surface area contributed by atoms with Gasteiger partial charge in [-0.2, -0.15) is 0 Å². The minimum atomic E-state index is -1.11. The number of hydrogen-bond acceptors (Lipinski definition) is 5. The zero-order chi connectivity index (χ0) is 26.5. The summed E-state index contributed by atoms with van der Waals surface area (Å²) >= 11 is 0. The predicted molar refractivity (Wildman–Crippen MR) is 142 cm³/mol. The Morgan fingerprint density at radius 1 is 0.944 bits per heavy atom. The second-order valence-electron chi connectivity index (χ2n) is 9.27. The Morgan fingerprint density at radius 2 is 1.61 bits per heavy atom. The Morgan fingerprint density at radius 3 is 2.17 bits per heavy atom. The third kappa shape index (κ3) is 9.11. The molecule has 2 aromatic carbocycles. The second kappa shape index (κ2) is 15.0. The summed E-state index contributed by atoms with van der Waals surface area (Å²) in [4.78, 5) is 39.7. The maximum Gasteiger partial charge on any atom is 0.323 e. The number of carbonyl (C=O) groups is 3. The molecule has 0 saturated carbocycles. The highest BCUT2D eigenvalue weighted by Gasteiger charge is 2.32. The fraction of sp³-hybridized carbons (Fsp3) is 0.483. The molecule has 0 saturated heterocycles. The molecule has 2 aromatic rings. The normalized spacial score (nSPS) is 12.7. The summed E-state index contributed by atoms with van der Waals surface area (Å²) in [5.41, 5.74) is 2.51. The molecule has 0 fully saturated rings. The summed E-state index contributed by atoms with van der Waals surface area (Å²) in [6.45, 7) is 7.75. The van der Waals surface area contributed by atoms with Crippen molar-refractivity contribution >= 4 is 23.5 Å². The third-order valence-corrected chi connectivity index (χ3v) is 6.08. The van der Waals surface area contributed by atoms with Gasteiger partial charge in [-0.15, -0.1) is 0 Å². The minimum Gasteiger partial charge on any atom is -0.480 e. The van der Waals surface area contributed by atoms with Crippen LogP contribution in [-0.2, 0) is 25.5 Å². The van der Waals surface area contributed by atoms with Gasteiger partial charge in [0, 0.05) is 5.69 Å². The van der Waals surface area contributed by atoms with Crippen LogP contribution in [0, 0.1) is 0 Å². The Bertz CT molecular complexity index is 959. The first-order valence-electron chi connectivity index (χ1n) is 12.9. The van der Waals surface area contributed by atoms with Gasteiger partial charge in [-0.3, -0.25) is 24.6 Å². The van der Waals surface area contributed by atoms with Crippen LogP contribution in [0.5, 0.6) is 0 Å². The number of hydrogen-bond donors (Lipinski definition) is 2. The number of carbonyl (C=O) groups excluding carboxylic acids is 2. The van der Waals surface area contributed by atoms with Gasteiger partial charge in [-0.05, 0) is 48.9 Å². The van der Waals surface area contributed by atoms with E-state index < -0.39 is 36.5 Å². The molecule has 196 valence electrons. The van der Waals surface area contributed by atoms with Gasteiger partial charge in [-0.1, -0.05) is 82.5 Å². The molecule has 0 aliphatic heterocycles. The van der Waals surface area contributed by atoms with Crippen molar-refractivity contribution in [3.63, 3.8) is 0 Å². The average Bonchev–Trinajstić information content (AvgIpc) is 2.86. The summed E-state index contributed by atoms with van der Waals surface area (Å²) in [5.74, 6) is -1.60. The van der Waals surface area contributed by atoms with Crippen LogP contribution in [-0.4, -0.2) is 48.2 Å². The van der Waals surface area contributed by atoms with E-state index in [4.69, 9.17) is 4.74 Å². The average molecular weight is 497 g/mol. The Kier molecular flexibility index (Phi) is 12.1. The number of carboxylic acids is 1. The van der Waals surface area contributed by atoms with Crippen molar-refractivity contribution in [2.75, 3.05) is 18.1 Å². The SMILES string of the molecule is CCCCCC(N[C@@H](Cc1ccccc1)C(=O)N(CC(=O)O)c1ccc(C(C)C)cc1)C(=O)OCC. The highest BCUT2D eigenvalue weighted by Crippen LogP contribution is 2.22. The maximum atomic E-state index is 13.9. The van der Waals surface area contributed by atoms with Gasteiger partial charge < -0.3 is 9.84 Å². The van der Waals surface area contributed by atoms with Crippen LogP contribution in [0.1, 0.15) is 70.4 Å². The Labute approximate surface area is 214 Å². The number of esters is 1. The first kappa shape index (κ1) is 29.0. The molecule has 2 atom stereocenters. The molecule has 0 aromatic heterocycles. The Hall–Kier alpha value is -3.19. The molecule has 2 N–H and O–H groups in total. The molecular weight excluding hydrogens is 456 g/mol. The molecule has 36 heavy (non-hydrogen) atoms. The number of ether oxygens (including phenoxy) is 1. The maximum absolute atomic E-state index is 13.9. The van der Waals surface area contributed by atoms with E-state index in [1.54, 1.807) is 19.1 Å². The molecule has 0 bridgehead atoms. The molecule has 0 aliphatic carbocycles. The number of amides is 1. The number of rotatable bonds is 15. The predicted octanol–water partition coefficient (Wildman–Crippen LogP) is 4.94. The zero-order valence-electron chi connectivity index (χ0n) is 21.9. The van der Waals surface area contributed by atoms with Crippen LogP contribution in [0.2, 0.25) is 0 Å². The topological polar surface area (TPSA) is 95.9 Å². The first-order valence-corrected chi connectivity index (χ1v) is 12.9. The van der Waals surface area contributed by atoms with Gasteiger partial charge in [0.2, 0.25) is 5.91 Å². The van der Waals surface area contributed by atoms with E-state index in [-0.39, 0.29) is 6.61 Å². The molecular formula is C29H40N2O5. The number of aliphatic carboxylic acids is 1. The molecule has 0 radical (unpaired) electrons. The highest BCUT2D eigenvalue weighted by atomic mass is 16.5. The zero-order valence-corrected chi connectivity index (χ0v) is 21.9. The lowest BCUT2D eigenvalue weighted by Gasteiger charge is -2.30. The van der Waals surface area contributed by atoms with Crippen molar-refractivity contribution in [3.8, 4) is 0 Å². The third-order valence-electron chi connectivity index (χ3n) is 6.08. The van der Waals surface area contributed by atoms with Crippen LogP contribution in [0.3, 0.4) is 0 Å². The standard InChI is InChI=1S/C29H40N2O5/c1-5-7-9-14-25(29(35)36-6-2)30-26(19-22-12-10-8-11-13-22)28(34)31(20-27(32)33)24-17-15-23(16-18-24)21(3)4/h8,10-13,15-18,21,25-26,30H,5-7,9,14,19-20H2,1-4H3,(H,32,33)/t25?,26-/m0/s1. The van der Waals surface area contributed by atoms with Crippen molar-refractivity contribution in [2.24, 2.45) is 0 Å². The van der Waals surface area contributed by atoms with Crippen LogP contribution in [0.25, 0.3) is 0 Å². The van der Waals surface area contributed by atoms with Crippen molar-refractivity contribution in [1.29, 1.82) is 0 Å². The van der Waals surface area contributed by atoms with Crippen LogP contribution < -0.4 is 10.2 Å². The molecule has 1 unspecified atom stereocenters. The molecule has 0 aliphatic rings. The van der Waals surface area contributed by atoms with Crippen molar-refractivity contribution < 1.29 is 24.2 Å². The number of nitrogens with zero attached hydrogens (tertiary/aromatic N) is 1. The van der Waals surface area contributed by atoms with Gasteiger partial charge in [-0.25, -0.2) is 0 Å². The first-order chi connectivity index (χ1) is 17.3. The molecule has 0 heterocycles. The van der Waals surface area contributed by atoms with Crippen molar-refractivity contribution in [1.82, 2.24) is 5.32 Å².